The van der Waals surface area contributed by atoms with Crippen LogP contribution in [0.3, 0.4) is 0 Å². The number of rotatable bonds is 4. The van der Waals surface area contributed by atoms with E-state index in [-0.39, 0.29) is 22.4 Å². The molecule has 0 heterocycles. The molecule has 0 radical (unpaired) electrons. The molecule has 1 amide bonds. The van der Waals surface area contributed by atoms with Crippen molar-refractivity contribution in [2.24, 2.45) is 17.6 Å². The number of thiocarbonyl (C=S) groups is 1. The smallest absolute Gasteiger partial charge is 0.227 e. The van der Waals surface area contributed by atoms with Gasteiger partial charge in [0.05, 0.1) is 11.3 Å². The van der Waals surface area contributed by atoms with Gasteiger partial charge in [0.2, 0.25) is 5.91 Å². The van der Waals surface area contributed by atoms with Crippen LogP contribution in [0.25, 0.3) is 0 Å². The summed E-state index contributed by atoms with van der Waals surface area (Å²) in [7, 11) is 0. The summed E-state index contributed by atoms with van der Waals surface area (Å²) >= 11 is 4.81. The monoisotopic (exact) mass is 266 g/mol. The molecule has 1 fully saturated rings. The first-order chi connectivity index (χ1) is 8.50. The van der Waals surface area contributed by atoms with Crippen LogP contribution in [0.1, 0.15) is 25.3 Å². The van der Waals surface area contributed by atoms with Crippen LogP contribution in [0.2, 0.25) is 0 Å². The Bertz CT molecular complexity index is 500. The highest BCUT2D eigenvalue weighted by Gasteiger charge is 2.32. The second-order valence-electron chi connectivity index (χ2n) is 4.64. The Morgan fingerprint density at radius 1 is 1.56 bits per heavy atom. The first-order valence-electron chi connectivity index (χ1n) is 5.90. The molecule has 18 heavy (non-hydrogen) atoms. The maximum Gasteiger partial charge on any atom is 0.227 e. The number of amides is 1. The van der Waals surface area contributed by atoms with E-state index in [2.05, 4.69) is 5.32 Å². The highest BCUT2D eigenvalue weighted by Crippen LogP contribution is 2.37. The molecule has 0 saturated heterocycles. The molecule has 0 bridgehead atoms. The van der Waals surface area contributed by atoms with Gasteiger partial charge in [-0.25, -0.2) is 4.39 Å². The fourth-order valence-corrected chi connectivity index (χ4v) is 2.14. The SMILES string of the molecule is CC(C(=O)Nc1cccc(F)c1C(N)=S)C1CC1. The van der Waals surface area contributed by atoms with Gasteiger partial charge in [-0.1, -0.05) is 25.2 Å². The minimum Gasteiger partial charge on any atom is -0.389 e. The van der Waals surface area contributed by atoms with Crippen LogP contribution in [-0.2, 0) is 4.79 Å². The lowest BCUT2D eigenvalue weighted by molar-refractivity contribution is -0.119. The van der Waals surface area contributed by atoms with Gasteiger partial charge in [0.1, 0.15) is 10.8 Å². The Morgan fingerprint density at radius 3 is 2.78 bits per heavy atom. The molecule has 1 unspecified atom stereocenters. The largest absolute Gasteiger partial charge is 0.389 e. The lowest BCUT2D eigenvalue weighted by Gasteiger charge is -2.14. The number of nitrogens with one attached hydrogen (secondary N) is 1. The fourth-order valence-electron chi connectivity index (χ4n) is 1.94. The van der Waals surface area contributed by atoms with E-state index in [1.54, 1.807) is 6.07 Å². The molecule has 2 rings (SSSR count). The first kappa shape index (κ1) is 13.0. The highest BCUT2D eigenvalue weighted by atomic mass is 32.1. The van der Waals surface area contributed by atoms with Crippen LogP contribution in [0.5, 0.6) is 0 Å². The molecule has 3 N–H and O–H groups in total. The maximum absolute atomic E-state index is 13.6. The van der Waals surface area contributed by atoms with Crippen molar-refractivity contribution >= 4 is 28.8 Å². The third-order valence-corrected chi connectivity index (χ3v) is 3.46. The van der Waals surface area contributed by atoms with E-state index in [9.17, 15) is 9.18 Å². The van der Waals surface area contributed by atoms with Gasteiger partial charge >= 0.3 is 0 Å². The molecule has 0 aromatic heterocycles. The van der Waals surface area contributed by atoms with E-state index in [0.717, 1.165) is 12.8 Å². The summed E-state index contributed by atoms with van der Waals surface area (Å²) in [5.74, 6) is -0.237. The zero-order valence-corrected chi connectivity index (χ0v) is 10.9. The van der Waals surface area contributed by atoms with Crippen molar-refractivity contribution in [1.29, 1.82) is 0 Å². The summed E-state index contributed by atoms with van der Waals surface area (Å²) in [6, 6.07) is 4.40. The van der Waals surface area contributed by atoms with Gasteiger partial charge in [-0.2, -0.15) is 0 Å². The zero-order chi connectivity index (χ0) is 13.3. The van der Waals surface area contributed by atoms with Gasteiger partial charge in [0.15, 0.2) is 0 Å². The first-order valence-corrected chi connectivity index (χ1v) is 6.30. The van der Waals surface area contributed by atoms with E-state index in [0.29, 0.717) is 11.6 Å². The third-order valence-electron chi connectivity index (χ3n) is 3.26. The van der Waals surface area contributed by atoms with Crippen molar-refractivity contribution in [3.63, 3.8) is 0 Å². The topological polar surface area (TPSA) is 55.1 Å². The summed E-state index contributed by atoms with van der Waals surface area (Å²) in [5, 5.41) is 2.71. The average molecular weight is 266 g/mol. The second-order valence-corrected chi connectivity index (χ2v) is 5.08. The summed E-state index contributed by atoms with van der Waals surface area (Å²) < 4.78 is 13.6. The number of hydrogen-bond donors (Lipinski definition) is 2. The summed E-state index contributed by atoms with van der Waals surface area (Å²) in [4.78, 5) is 11.9. The minimum atomic E-state index is -0.514. The minimum absolute atomic E-state index is 0.0533. The lowest BCUT2D eigenvalue weighted by atomic mass is 10.0. The van der Waals surface area contributed by atoms with Gasteiger partial charge in [-0.3, -0.25) is 4.79 Å². The Labute approximate surface area is 111 Å². The van der Waals surface area contributed by atoms with Gasteiger partial charge in [0, 0.05) is 5.92 Å². The molecule has 1 atom stereocenters. The molecule has 5 heteroatoms. The van der Waals surface area contributed by atoms with Gasteiger partial charge < -0.3 is 11.1 Å². The molecule has 3 nitrogen and oxygen atoms in total. The van der Waals surface area contributed by atoms with Crippen molar-refractivity contribution < 1.29 is 9.18 Å². The lowest BCUT2D eigenvalue weighted by Crippen LogP contribution is -2.24. The van der Waals surface area contributed by atoms with Crippen LogP contribution < -0.4 is 11.1 Å². The number of nitrogens with two attached hydrogens (primary N) is 1. The van der Waals surface area contributed by atoms with E-state index in [1.807, 2.05) is 6.92 Å². The molecule has 1 aliphatic carbocycles. The predicted octanol–water partition coefficient (Wildman–Crippen LogP) is 2.44. The number of halogens is 1. The van der Waals surface area contributed by atoms with Crippen LogP contribution in [-0.4, -0.2) is 10.9 Å². The maximum atomic E-state index is 13.6. The number of carbonyl (C=O) groups excluding carboxylic acids is 1. The summed E-state index contributed by atoms with van der Waals surface area (Å²) in [5.41, 5.74) is 5.93. The molecule has 1 aromatic carbocycles. The molecule has 1 aromatic rings. The van der Waals surface area contributed by atoms with E-state index < -0.39 is 5.82 Å². The zero-order valence-electron chi connectivity index (χ0n) is 10.1. The van der Waals surface area contributed by atoms with Crippen molar-refractivity contribution in [3.05, 3.63) is 29.6 Å². The summed E-state index contributed by atoms with van der Waals surface area (Å²) in [6.07, 6.45) is 2.17. The van der Waals surface area contributed by atoms with Gasteiger partial charge in [0.25, 0.3) is 0 Å². The number of carbonyl (C=O) groups is 1. The van der Waals surface area contributed by atoms with Crippen LogP contribution in [0.15, 0.2) is 18.2 Å². The highest BCUT2D eigenvalue weighted by molar-refractivity contribution is 7.80. The molecule has 0 spiro atoms. The predicted molar refractivity (Wildman–Crippen MR) is 72.8 cm³/mol. The molecular weight excluding hydrogens is 251 g/mol. The molecule has 1 aliphatic rings. The average Bonchev–Trinajstić information content (AvgIpc) is 3.11. The Hall–Kier alpha value is -1.49. The second kappa shape index (κ2) is 5.02. The van der Waals surface area contributed by atoms with E-state index >= 15 is 0 Å². The van der Waals surface area contributed by atoms with Crippen molar-refractivity contribution in [2.45, 2.75) is 19.8 Å². The third kappa shape index (κ3) is 2.67. The van der Waals surface area contributed by atoms with Crippen LogP contribution in [0, 0.1) is 17.7 Å². The van der Waals surface area contributed by atoms with Crippen LogP contribution >= 0.6 is 12.2 Å². The quantitative estimate of drug-likeness (QED) is 0.823. The Balaban J connectivity index is 2.20. The molecule has 96 valence electrons. The van der Waals surface area contributed by atoms with Crippen LogP contribution in [0.4, 0.5) is 10.1 Å². The van der Waals surface area contributed by atoms with E-state index in [4.69, 9.17) is 18.0 Å². The standard InChI is InChI=1S/C13H15FN2OS/c1-7(8-5-6-8)13(17)16-10-4-2-3-9(14)11(10)12(15)18/h2-4,7-8H,5-6H2,1H3,(H2,15,18)(H,16,17). The number of anilines is 1. The molecule has 1 saturated carbocycles. The van der Waals surface area contributed by atoms with E-state index in [1.165, 1.54) is 12.1 Å². The Morgan fingerprint density at radius 2 is 2.22 bits per heavy atom. The summed E-state index contributed by atoms with van der Waals surface area (Å²) in [6.45, 7) is 1.88. The Kier molecular flexibility index (Phi) is 3.61. The molecule has 0 aliphatic heterocycles. The molecular formula is C13H15FN2OS. The van der Waals surface area contributed by atoms with Gasteiger partial charge in [-0.15, -0.1) is 0 Å². The van der Waals surface area contributed by atoms with Gasteiger partial charge in [-0.05, 0) is 30.9 Å². The van der Waals surface area contributed by atoms with Crippen molar-refractivity contribution in [3.8, 4) is 0 Å². The van der Waals surface area contributed by atoms with Crippen molar-refractivity contribution in [2.75, 3.05) is 5.32 Å². The fraction of sp³-hybridized carbons (Fsp3) is 0.385. The van der Waals surface area contributed by atoms with Crippen molar-refractivity contribution in [1.82, 2.24) is 0 Å². The normalized spacial score (nSPS) is 16.1. The number of hydrogen-bond acceptors (Lipinski definition) is 2. The number of benzene rings is 1.